The number of thioether (sulfide) groups is 1. The van der Waals surface area contributed by atoms with E-state index in [1.54, 1.807) is 13.8 Å². The summed E-state index contributed by atoms with van der Waals surface area (Å²) < 4.78 is 10.5. The normalized spacial score (nSPS) is 13.0. The molecule has 20 heavy (non-hydrogen) atoms. The lowest BCUT2D eigenvalue weighted by molar-refractivity contribution is -0.160. The van der Waals surface area contributed by atoms with Crippen molar-refractivity contribution in [3.05, 3.63) is 0 Å². The summed E-state index contributed by atoms with van der Waals surface area (Å²) in [5.74, 6) is -0.265. The predicted octanol–water partition coefficient (Wildman–Crippen LogP) is 4.58. The van der Waals surface area contributed by atoms with Crippen molar-refractivity contribution in [3.63, 3.8) is 0 Å². The topological polar surface area (TPSA) is 35.5 Å². The van der Waals surface area contributed by atoms with Crippen molar-refractivity contribution in [1.29, 1.82) is 0 Å². The van der Waals surface area contributed by atoms with E-state index < -0.39 is 10.3 Å². The fourth-order valence-corrected chi connectivity index (χ4v) is 3.55. The van der Waals surface area contributed by atoms with Gasteiger partial charge in [0, 0.05) is 0 Å². The van der Waals surface area contributed by atoms with Gasteiger partial charge in [0.2, 0.25) is 4.38 Å². The Labute approximate surface area is 133 Å². The molecule has 0 fully saturated rings. The molecule has 3 nitrogen and oxygen atoms in total. The lowest BCUT2D eigenvalue weighted by Crippen LogP contribution is -2.40. The third-order valence-electron chi connectivity index (χ3n) is 2.42. The summed E-state index contributed by atoms with van der Waals surface area (Å²) in [4.78, 5) is 12.3. The number of hydrogen-bond donors (Lipinski definition) is 0. The van der Waals surface area contributed by atoms with Gasteiger partial charge < -0.3 is 9.47 Å². The number of rotatable bonds is 5. The fourth-order valence-electron chi connectivity index (χ4n) is 2.08. The fraction of sp³-hybridized carbons (Fsp3) is 0.867. The zero-order valence-electron chi connectivity index (χ0n) is 14.0. The monoisotopic (exact) mass is 320 g/mol. The van der Waals surface area contributed by atoms with Crippen molar-refractivity contribution in [2.75, 3.05) is 6.61 Å². The molecule has 0 spiro atoms. The van der Waals surface area contributed by atoms with Gasteiger partial charge in [0.05, 0.1) is 6.61 Å². The number of ether oxygens (including phenoxy) is 2. The summed E-state index contributed by atoms with van der Waals surface area (Å²) in [6.45, 7) is 16.3. The smallest absolute Gasteiger partial charge is 0.322 e. The zero-order valence-corrected chi connectivity index (χ0v) is 15.6. The van der Waals surface area contributed by atoms with E-state index in [0.29, 0.717) is 11.0 Å². The molecule has 0 unspecified atom stereocenters. The number of carbonyl (C=O) groups excluding carboxylic acids is 1. The quantitative estimate of drug-likeness (QED) is 0.547. The van der Waals surface area contributed by atoms with E-state index >= 15 is 0 Å². The molecule has 0 amide bonds. The Hall–Kier alpha value is -0.290. The van der Waals surface area contributed by atoms with Crippen molar-refractivity contribution in [1.82, 2.24) is 0 Å². The molecule has 0 aliphatic carbocycles. The van der Waals surface area contributed by atoms with Crippen molar-refractivity contribution in [3.8, 4) is 0 Å². The van der Waals surface area contributed by atoms with E-state index in [2.05, 4.69) is 20.8 Å². The van der Waals surface area contributed by atoms with Crippen LogP contribution in [0.3, 0.4) is 0 Å². The summed E-state index contributed by atoms with van der Waals surface area (Å²) in [5.41, 5.74) is -0.401. The molecule has 0 heterocycles. The molecule has 0 aromatic heterocycles. The van der Waals surface area contributed by atoms with Crippen molar-refractivity contribution in [2.24, 2.45) is 5.41 Å². The van der Waals surface area contributed by atoms with Crippen LogP contribution in [0.15, 0.2) is 0 Å². The number of thiocarbonyl (C=S) groups is 1. The standard InChI is InChI=1S/C15H28O3S2/c1-9-17-12(19)20-15(7,8)11(16)18-14(5,6)10-13(2,3)4/h9-10H2,1-8H3. The van der Waals surface area contributed by atoms with Crippen molar-refractivity contribution < 1.29 is 14.3 Å². The van der Waals surface area contributed by atoms with Crippen LogP contribution >= 0.6 is 24.0 Å². The van der Waals surface area contributed by atoms with Gasteiger partial charge in [-0.25, -0.2) is 0 Å². The second kappa shape index (κ2) is 7.12. The first-order valence-corrected chi connectivity index (χ1v) is 8.11. The molecule has 0 aliphatic rings. The highest BCUT2D eigenvalue weighted by Gasteiger charge is 2.37. The molecule has 0 atom stereocenters. The molecule has 0 bridgehead atoms. The first kappa shape index (κ1) is 19.7. The van der Waals surface area contributed by atoms with Gasteiger partial charge >= 0.3 is 5.97 Å². The molecule has 118 valence electrons. The molecule has 0 aliphatic heterocycles. The third kappa shape index (κ3) is 8.10. The van der Waals surface area contributed by atoms with Crippen LogP contribution < -0.4 is 0 Å². The maximum atomic E-state index is 12.3. The molecule has 0 rings (SSSR count). The van der Waals surface area contributed by atoms with Crippen molar-refractivity contribution >= 4 is 34.3 Å². The first-order valence-electron chi connectivity index (χ1n) is 6.88. The van der Waals surface area contributed by atoms with E-state index in [4.69, 9.17) is 21.7 Å². The van der Waals surface area contributed by atoms with E-state index in [1.807, 2.05) is 20.8 Å². The number of hydrogen-bond acceptors (Lipinski definition) is 5. The lowest BCUT2D eigenvalue weighted by atomic mass is 9.83. The molecule has 0 saturated heterocycles. The molecule has 0 aromatic carbocycles. The van der Waals surface area contributed by atoms with Gasteiger partial charge in [-0.3, -0.25) is 4.79 Å². The van der Waals surface area contributed by atoms with Crippen molar-refractivity contribution in [2.45, 2.75) is 72.2 Å². The molecular formula is C15H28O3S2. The molecule has 0 saturated carbocycles. The van der Waals surface area contributed by atoms with Gasteiger partial charge in [-0.1, -0.05) is 32.5 Å². The Kier molecular flexibility index (Phi) is 7.02. The van der Waals surface area contributed by atoms with E-state index in [9.17, 15) is 4.79 Å². The van der Waals surface area contributed by atoms with Crippen LogP contribution in [0, 0.1) is 5.41 Å². The molecule has 0 radical (unpaired) electrons. The maximum Gasteiger partial charge on any atom is 0.322 e. The minimum Gasteiger partial charge on any atom is -0.479 e. The summed E-state index contributed by atoms with van der Waals surface area (Å²) in [6.07, 6.45) is 0.794. The van der Waals surface area contributed by atoms with E-state index in [-0.39, 0.29) is 11.4 Å². The average Bonchev–Trinajstić information content (AvgIpc) is 2.11. The van der Waals surface area contributed by atoms with Crippen LogP contribution in [0.25, 0.3) is 0 Å². The van der Waals surface area contributed by atoms with Crippen LogP contribution in [0.5, 0.6) is 0 Å². The summed E-state index contributed by atoms with van der Waals surface area (Å²) in [5, 5.41) is 0. The van der Waals surface area contributed by atoms with Gasteiger partial charge in [-0.15, -0.1) is 0 Å². The molecule has 0 N–H and O–H groups in total. The second-order valence-corrected chi connectivity index (χ2v) is 9.41. The summed E-state index contributed by atoms with van der Waals surface area (Å²) >= 11 is 6.31. The van der Waals surface area contributed by atoms with E-state index in [1.165, 1.54) is 11.8 Å². The highest BCUT2D eigenvalue weighted by Crippen LogP contribution is 2.34. The molecule has 0 aromatic rings. The Bertz CT molecular complexity index is 355. The zero-order chi connectivity index (χ0) is 16.2. The highest BCUT2D eigenvalue weighted by atomic mass is 32.2. The van der Waals surface area contributed by atoms with Gasteiger partial charge in [0.1, 0.15) is 10.3 Å². The number of esters is 1. The van der Waals surface area contributed by atoms with Crippen LogP contribution in [0.1, 0.15) is 61.8 Å². The summed E-state index contributed by atoms with van der Waals surface area (Å²) in [6, 6.07) is 0. The Morgan fingerprint density at radius 2 is 1.60 bits per heavy atom. The van der Waals surface area contributed by atoms with Gasteiger partial charge in [0.15, 0.2) is 0 Å². The second-order valence-electron chi connectivity index (χ2n) is 7.18. The Morgan fingerprint density at radius 1 is 1.10 bits per heavy atom. The van der Waals surface area contributed by atoms with E-state index in [0.717, 1.165) is 6.42 Å². The van der Waals surface area contributed by atoms with Gasteiger partial charge in [-0.2, -0.15) is 0 Å². The minimum absolute atomic E-state index is 0.0989. The molecule has 5 heteroatoms. The van der Waals surface area contributed by atoms with Crippen LogP contribution in [-0.2, 0) is 14.3 Å². The maximum absolute atomic E-state index is 12.3. The van der Waals surface area contributed by atoms with Crippen LogP contribution in [0.2, 0.25) is 0 Å². The predicted molar refractivity (Wildman–Crippen MR) is 90.1 cm³/mol. The van der Waals surface area contributed by atoms with Gasteiger partial charge in [0.25, 0.3) is 0 Å². The van der Waals surface area contributed by atoms with Gasteiger partial charge in [-0.05, 0) is 58.7 Å². The SMILES string of the molecule is CCOC(=S)SC(C)(C)C(=O)OC(C)(C)CC(C)(C)C. The third-order valence-corrected chi connectivity index (χ3v) is 3.75. The Morgan fingerprint density at radius 3 is 2.00 bits per heavy atom. The highest BCUT2D eigenvalue weighted by molar-refractivity contribution is 8.23. The van der Waals surface area contributed by atoms with Crippen LogP contribution in [0.4, 0.5) is 0 Å². The van der Waals surface area contributed by atoms with Crippen LogP contribution in [-0.4, -0.2) is 27.3 Å². The lowest BCUT2D eigenvalue weighted by Gasteiger charge is -2.34. The molecular weight excluding hydrogens is 292 g/mol. The Balaban J connectivity index is 4.69. The minimum atomic E-state index is -0.749. The summed E-state index contributed by atoms with van der Waals surface area (Å²) in [7, 11) is 0. The number of carbonyl (C=O) groups is 1. The first-order chi connectivity index (χ1) is 8.79. The largest absolute Gasteiger partial charge is 0.479 e. The average molecular weight is 321 g/mol.